The van der Waals surface area contributed by atoms with Crippen molar-refractivity contribution in [2.45, 2.75) is 71.1 Å². The molecule has 128 valence electrons. The van der Waals surface area contributed by atoms with Crippen molar-refractivity contribution >= 4 is 5.69 Å². The van der Waals surface area contributed by atoms with Crippen molar-refractivity contribution in [3.8, 4) is 5.75 Å². The van der Waals surface area contributed by atoms with E-state index in [4.69, 9.17) is 0 Å². The molecule has 2 atom stereocenters. The lowest BCUT2D eigenvalue weighted by Gasteiger charge is -2.27. The maximum Gasteiger partial charge on any atom is 0.121 e. The van der Waals surface area contributed by atoms with E-state index in [1.807, 2.05) is 13.0 Å². The minimum Gasteiger partial charge on any atom is -0.508 e. The lowest BCUT2D eigenvalue weighted by molar-refractivity contribution is 0.460. The van der Waals surface area contributed by atoms with Gasteiger partial charge in [-0.25, -0.2) is 0 Å². The average molecular weight is 325 g/mol. The van der Waals surface area contributed by atoms with Crippen LogP contribution in [0, 0.1) is 11.8 Å². The lowest BCUT2D eigenvalue weighted by atomic mass is 9.78. The molecule has 0 radical (unpaired) electrons. The molecule has 0 aromatic heterocycles. The van der Waals surface area contributed by atoms with Crippen LogP contribution in [0.3, 0.4) is 0 Å². The number of hydrogen-bond donors (Lipinski definition) is 1. The fourth-order valence-electron chi connectivity index (χ4n) is 4.42. The summed E-state index contributed by atoms with van der Waals surface area (Å²) in [6, 6.07) is 1.83. The van der Waals surface area contributed by atoms with Gasteiger partial charge in [0.1, 0.15) is 11.4 Å². The van der Waals surface area contributed by atoms with E-state index in [2.05, 4.69) is 31.2 Å². The summed E-state index contributed by atoms with van der Waals surface area (Å²) in [4.78, 5) is 11.8. The van der Waals surface area contributed by atoms with Crippen LogP contribution in [-0.4, -0.2) is 5.11 Å². The van der Waals surface area contributed by atoms with Crippen molar-refractivity contribution < 1.29 is 5.11 Å². The van der Waals surface area contributed by atoms with Crippen LogP contribution in [0.2, 0.25) is 0 Å². The Morgan fingerprint density at radius 2 is 1.50 bits per heavy atom. The zero-order valence-electron chi connectivity index (χ0n) is 14.9. The Labute approximate surface area is 144 Å². The molecular formula is C21H27NO2. The predicted octanol–water partition coefficient (Wildman–Crippen LogP) is 6.53. The zero-order valence-corrected chi connectivity index (χ0v) is 14.9. The second kappa shape index (κ2) is 6.92. The lowest BCUT2D eigenvalue weighted by Crippen LogP contribution is -2.09. The van der Waals surface area contributed by atoms with E-state index in [0.29, 0.717) is 5.69 Å². The molecule has 3 nitrogen and oxygen atoms in total. The standard InChI is InChI=1S/C21H27NO2/c1-13-6-4-8-16(10-13)19-15(3)12-18(23)20(21(19)22-24)17-9-5-7-14(2)11-17/h10-12,16-17,23H,4-9H2,1-3H3. The second-order valence-electron chi connectivity index (χ2n) is 7.50. The quantitative estimate of drug-likeness (QED) is 0.507. The topological polar surface area (TPSA) is 49.7 Å². The largest absolute Gasteiger partial charge is 0.508 e. The fraction of sp³-hybridized carbons (Fsp3) is 0.524. The molecular weight excluding hydrogens is 298 g/mol. The molecule has 0 heterocycles. The molecule has 24 heavy (non-hydrogen) atoms. The molecule has 3 rings (SSSR count). The van der Waals surface area contributed by atoms with E-state index in [0.717, 1.165) is 55.2 Å². The number of aromatic hydroxyl groups is 1. The van der Waals surface area contributed by atoms with Crippen LogP contribution < -0.4 is 0 Å². The van der Waals surface area contributed by atoms with E-state index in [9.17, 15) is 10.0 Å². The molecule has 1 N–H and O–H groups in total. The first-order valence-electron chi connectivity index (χ1n) is 9.05. The second-order valence-corrected chi connectivity index (χ2v) is 7.50. The van der Waals surface area contributed by atoms with Gasteiger partial charge < -0.3 is 5.11 Å². The number of allylic oxidation sites excluding steroid dienone is 4. The van der Waals surface area contributed by atoms with Crippen molar-refractivity contribution in [2.75, 3.05) is 0 Å². The smallest absolute Gasteiger partial charge is 0.121 e. The van der Waals surface area contributed by atoms with Gasteiger partial charge in [-0.1, -0.05) is 23.3 Å². The highest BCUT2D eigenvalue weighted by Gasteiger charge is 2.28. The van der Waals surface area contributed by atoms with Crippen molar-refractivity contribution in [2.24, 2.45) is 5.18 Å². The van der Waals surface area contributed by atoms with Gasteiger partial charge in [0.15, 0.2) is 0 Å². The SMILES string of the molecule is CC1=CC(c2c(C)cc(O)c(C3C=C(C)CCC3)c2N=O)CCC1. The van der Waals surface area contributed by atoms with Gasteiger partial charge in [0.2, 0.25) is 0 Å². The zero-order chi connectivity index (χ0) is 17.3. The number of phenolic OH excluding ortho intramolecular Hbond substituents is 1. The molecule has 3 heteroatoms. The van der Waals surface area contributed by atoms with Crippen molar-refractivity contribution in [1.29, 1.82) is 0 Å². The van der Waals surface area contributed by atoms with Gasteiger partial charge in [-0.3, -0.25) is 0 Å². The molecule has 2 aliphatic carbocycles. The van der Waals surface area contributed by atoms with Gasteiger partial charge in [0, 0.05) is 17.4 Å². The van der Waals surface area contributed by atoms with E-state index < -0.39 is 0 Å². The first-order valence-corrected chi connectivity index (χ1v) is 9.05. The Kier molecular flexibility index (Phi) is 4.88. The van der Waals surface area contributed by atoms with Crippen LogP contribution in [0.15, 0.2) is 34.5 Å². The Morgan fingerprint density at radius 1 is 0.958 bits per heavy atom. The first-order chi connectivity index (χ1) is 11.5. The monoisotopic (exact) mass is 325 g/mol. The third kappa shape index (κ3) is 3.17. The summed E-state index contributed by atoms with van der Waals surface area (Å²) >= 11 is 0. The van der Waals surface area contributed by atoms with Gasteiger partial charge in [-0.15, -0.1) is 4.91 Å². The highest BCUT2D eigenvalue weighted by atomic mass is 16.3. The first kappa shape index (κ1) is 16.9. The van der Waals surface area contributed by atoms with Gasteiger partial charge in [0.25, 0.3) is 0 Å². The summed E-state index contributed by atoms with van der Waals surface area (Å²) in [6.07, 6.45) is 11.0. The number of aryl methyl sites for hydroxylation is 1. The normalized spacial score (nSPS) is 24.3. The third-order valence-electron chi connectivity index (χ3n) is 5.54. The molecule has 0 amide bonds. The molecule has 0 saturated carbocycles. The van der Waals surface area contributed by atoms with E-state index in [1.54, 1.807) is 0 Å². The van der Waals surface area contributed by atoms with Gasteiger partial charge in [0.05, 0.1) is 0 Å². The maximum atomic E-state index is 11.8. The molecule has 0 spiro atoms. The molecule has 0 bridgehead atoms. The Morgan fingerprint density at radius 3 is 2.00 bits per heavy atom. The molecule has 1 aromatic rings. The van der Waals surface area contributed by atoms with Crippen LogP contribution in [0.5, 0.6) is 5.75 Å². The molecule has 2 aliphatic rings. The minimum absolute atomic E-state index is 0.0967. The third-order valence-corrected chi connectivity index (χ3v) is 5.54. The maximum absolute atomic E-state index is 11.8. The van der Waals surface area contributed by atoms with Gasteiger partial charge >= 0.3 is 0 Å². The predicted molar refractivity (Wildman–Crippen MR) is 99.0 cm³/mol. The van der Waals surface area contributed by atoms with Crippen LogP contribution in [0.25, 0.3) is 0 Å². The summed E-state index contributed by atoms with van der Waals surface area (Å²) in [6.45, 7) is 6.26. The number of rotatable bonds is 3. The summed E-state index contributed by atoms with van der Waals surface area (Å²) in [5.74, 6) is 0.553. The number of nitrogens with zero attached hydrogens (tertiary/aromatic N) is 1. The van der Waals surface area contributed by atoms with Crippen molar-refractivity contribution in [3.05, 3.63) is 51.0 Å². The van der Waals surface area contributed by atoms with Crippen molar-refractivity contribution in [3.63, 3.8) is 0 Å². The number of benzene rings is 1. The molecule has 0 fully saturated rings. The van der Waals surface area contributed by atoms with Crippen molar-refractivity contribution in [1.82, 2.24) is 0 Å². The molecule has 0 aliphatic heterocycles. The average Bonchev–Trinajstić information content (AvgIpc) is 2.54. The van der Waals surface area contributed by atoms with Crippen LogP contribution in [-0.2, 0) is 0 Å². The highest BCUT2D eigenvalue weighted by molar-refractivity contribution is 5.66. The van der Waals surface area contributed by atoms with E-state index in [1.165, 1.54) is 11.1 Å². The Balaban J connectivity index is 2.16. The number of phenols is 1. The Hall–Kier alpha value is -1.90. The number of hydrogen-bond acceptors (Lipinski definition) is 3. The van der Waals surface area contributed by atoms with E-state index in [-0.39, 0.29) is 17.6 Å². The van der Waals surface area contributed by atoms with Crippen LogP contribution >= 0.6 is 0 Å². The molecule has 1 aromatic carbocycles. The molecule has 0 saturated heterocycles. The number of nitroso groups, excluding NO2 is 1. The minimum atomic E-state index is 0.0967. The summed E-state index contributed by atoms with van der Waals surface area (Å²) in [5.41, 5.74) is 5.93. The highest BCUT2D eigenvalue weighted by Crippen LogP contribution is 2.48. The summed E-state index contributed by atoms with van der Waals surface area (Å²) < 4.78 is 0. The molecule has 2 unspecified atom stereocenters. The Bertz CT molecular complexity index is 661. The fourth-order valence-corrected chi connectivity index (χ4v) is 4.42. The summed E-state index contributed by atoms with van der Waals surface area (Å²) in [7, 11) is 0. The van der Waals surface area contributed by atoms with Gasteiger partial charge in [-0.2, -0.15) is 0 Å². The van der Waals surface area contributed by atoms with Crippen LogP contribution in [0.4, 0.5) is 5.69 Å². The van der Waals surface area contributed by atoms with Gasteiger partial charge in [-0.05, 0) is 81.7 Å². The summed E-state index contributed by atoms with van der Waals surface area (Å²) in [5, 5.41) is 14.0. The van der Waals surface area contributed by atoms with Crippen LogP contribution in [0.1, 0.15) is 80.9 Å². The van der Waals surface area contributed by atoms with E-state index >= 15 is 0 Å².